The van der Waals surface area contributed by atoms with Crippen molar-refractivity contribution in [3.8, 4) is 0 Å². The zero-order valence-corrected chi connectivity index (χ0v) is 14.0. The van der Waals surface area contributed by atoms with Gasteiger partial charge in [-0.1, -0.05) is 6.07 Å². The van der Waals surface area contributed by atoms with Gasteiger partial charge in [-0.05, 0) is 24.4 Å². The van der Waals surface area contributed by atoms with E-state index in [9.17, 15) is 4.79 Å². The lowest BCUT2D eigenvalue weighted by molar-refractivity contribution is -0.130. The molecule has 22 heavy (non-hydrogen) atoms. The maximum absolute atomic E-state index is 12.5. The molecule has 2 aromatic heterocycles. The quantitative estimate of drug-likeness (QED) is 0.804. The number of thioether (sulfide) groups is 1. The third-order valence-corrected chi connectivity index (χ3v) is 5.72. The third-order valence-electron chi connectivity index (χ3n) is 3.56. The fraction of sp³-hybridized carbons (Fsp3) is 0.400. The first-order valence-corrected chi connectivity index (χ1v) is 9.01. The number of nitrogens with zero attached hydrogens (tertiary/aromatic N) is 4. The summed E-state index contributed by atoms with van der Waals surface area (Å²) in [6.45, 7) is 5.01. The first kappa shape index (κ1) is 15.3. The highest BCUT2D eigenvalue weighted by Crippen LogP contribution is 2.28. The van der Waals surface area contributed by atoms with Crippen LogP contribution in [0.25, 0.3) is 0 Å². The Bertz CT molecular complexity index is 597. The van der Waals surface area contributed by atoms with Gasteiger partial charge in [0.05, 0.1) is 9.46 Å². The number of aromatic nitrogens is 2. The van der Waals surface area contributed by atoms with E-state index in [2.05, 4.69) is 20.9 Å². The van der Waals surface area contributed by atoms with E-state index in [0.29, 0.717) is 0 Å². The molecule has 0 aliphatic carbocycles. The minimum Gasteiger partial charge on any atom is -0.338 e. The van der Waals surface area contributed by atoms with Crippen molar-refractivity contribution in [3.63, 3.8) is 0 Å². The topological polar surface area (TPSA) is 49.3 Å². The summed E-state index contributed by atoms with van der Waals surface area (Å²) in [4.78, 5) is 25.1. The molecule has 0 saturated carbocycles. The van der Waals surface area contributed by atoms with Gasteiger partial charge in [0.2, 0.25) is 11.9 Å². The summed E-state index contributed by atoms with van der Waals surface area (Å²) in [5.74, 6) is 0.961. The molecule has 3 heterocycles. The van der Waals surface area contributed by atoms with Crippen LogP contribution >= 0.6 is 23.1 Å². The van der Waals surface area contributed by atoms with Gasteiger partial charge in [-0.15, -0.1) is 23.1 Å². The fourth-order valence-corrected chi connectivity index (χ4v) is 4.42. The van der Waals surface area contributed by atoms with E-state index >= 15 is 0 Å². The van der Waals surface area contributed by atoms with Gasteiger partial charge >= 0.3 is 0 Å². The summed E-state index contributed by atoms with van der Waals surface area (Å²) >= 11 is 3.32. The van der Waals surface area contributed by atoms with E-state index in [1.807, 2.05) is 29.3 Å². The number of thiophene rings is 1. The van der Waals surface area contributed by atoms with E-state index < -0.39 is 0 Å². The van der Waals surface area contributed by atoms with Gasteiger partial charge in [-0.2, -0.15) is 0 Å². The van der Waals surface area contributed by atoms with E-state index in [4.69, 9.17) is 0 Å². The molecule has 1 aliphatic rings. The van der Waals surface area contributed by atoms with Crippen molar-refractivity contribution in [1.82, 2.24) is 14.9 Å². The summed E-state index contributed by atoms with van der Waals surface area (Å²) in [5.41, 5.74) is 0. The Morgan fingerprint density at radius 3 is 2.59 bits per heavy atom. The van der Waals surface area contributed by atoms with Gasteiger partial charge in [-0.3, -0.25) is 4.79 Å². The van der Waals surface area contributed by atoms with Crippen LogP contribution in [0.3, 0.4) is 0 Å². The zero-order valence-electron chi connectivity index (χ0n) is 12.4. The third kappa shape index (κ3) is 3.59. The van der Waals surface area contributed by atoms with Crippen molar-refractivity contribution in [1.29, 1.82) is 0 Å². The first-order valence-electron chi connectivity index (χ1n) is 7.25. The molecule has 0 spiro atoms. The minimum absolute atomic E-state index is 0.0434. The Kier molecular flexibility index (Phi) is 4.94. The molecular weight excluding hydrogens is 316 g/mol. The largest absolute Gasteiger partial charge is 0.338 e. The summed E-state index contributed by atoms with van der Waals surface area (Å²) in [5, 5.41) is 2.00. The van der Waals surface area contributed by atoms with Crippen LogP contribution in [0.2, 0.25) is 0 Å². The van der Waals surface area contributed by atoms with Crippen LogP contribution in [-0.2, 0) is 4.79 Å². The molecule has 116 valence electrons. The van der Waals surface area contributed by atoms with Gasteiger partial charge < -0.3 is 9.80 Å². The second-order valence-electron chi connectivity index (χ2n) is 5.05. The highest BCUT2D eigenvalue weighted by Gasteiger charge is 2.26. The van der Waals surface area contributed by atoms with E-state index in [1.165, 1.54) is 4.21 Å². The number of amides is 1. The molecule has 1 aliphatic heterocycles. The van der Waals surface area contributed by atoms with Crippen LogP contribution in [0.15, 0.2) is 40.2 Å². The van der Waals surface area contributed by atoms with Crippen LogP contribution in [0.5, 0.6) is 0 Å². The Labute approximate surface area is 138 Å². The number of carbonyl (C=O) groups is 1. The first-order chi connectivity index (χ1) is 10.7. The smallest absolute Gasteiger partial charge is 0.235 e. The van der Waals surface area contributed by atoms with Gasteiger partial charge in [0, 0.05) is 38.6 Å². The van der Waals surface area contributed by atoms with Crippen LogP contribution < -0.4 is 4.90 Å². The van der Waals surface area contributed by atoms with Gasteiger partial charge in [0.1, 0.15) is 0 Å². The van der Waals surface area contributed by atoms with Gasteiger partial charge in [0.15, 0.2) is 0 Å². The van der Waals surface area contributed by atoms with Crippen molar-refractivity contribution < 1.29 is 4.79 Å². The van der Waals surface area contributed by atoms with Gasteiger partial charge in [0.25, 0.3) is 0 Å². The van der Waals surface area contributed by atoms with Crippen molar-refractivity contribution in [3.05, 3.63) is 36.0 Å². The molecule has 0 radical (unpaired) electrons. The van der Waals surface area contributed by atoms with Gasteiger partial charge in [-0.25, -0.2) is 9.97 Å². The molecule has 1 amide bonds. The molecule has 0 aromatic carbocycles. The molecule has 1 saturated heterocycles. The SMILES string of the molecule is C[C@@H](Sc1cccs1)C(=O)N1CCN(c2ncccn2)CC1. The molecule has 5 nitrogen and oxygen atoms in total. The predicted molar refractivity (Wildman–Crippen MR) is 90.5 cm³/mol. The maximum Gasteiger partial charge on any atom is 0.235 e. The molecular formula is C15H18N4OS2. The van der Waals surface area contributed by atoms with Crippen LogP contribution in [-0.4, -0.2) is 52.2 Å². The van der Waals surface area contributed by atoms with Crippen LogP contribution in [0.4, 0.5) is 5.95 Å². The summed E-state index contributed by atoms with van der Waals surface area (Å²) in [6.07, 6.45) is 3.50. The Balaban J connectivity index is 1.53. The van der Waals surface area contributed by atoms with Crippen molar-refractivity contribution in [2.75, 3.05) is 31.1 Å². The summed E-state index contributed by atoms with van der Waals surface area (Å²) in [7, 11) is 0. The predicted octanol–water partition coefficient (Wildman–Crippen LogP) is 2.37. The second kappa shape index (κ2) is 7.11. The summed E-state index contributed by atoms with van der Waals surface area (Å²) in [6, 6.07) is 5.89. The Hall–Kier alpha value is -1.60. The lowest BCUT2D eigenvalue weighted by Gasteiger charge is -2.35. The zero-order chi connectivity index (χ0) is 15.4. The molecule has 0 bridgehead atoms. The Morgan fingerprint density at radius 1 is 1.23 bits per heavy atom. The number of anilines is 1. The lowest BCUT2D eigenvalue weighted by atomic mass is 10.3. The van der Waals surface area contributed by atoms with E-state index in [1.54, 1.807) is 35.5 Å². The molecule has 0 unspecified atom stereocenters. The van der Waals surface area contributed by atoms with E-state index in [0.717, 1.165) is 32.1 Å². The van der Waals surface area contributed by atoms with Crippen molar-refractivity contribution in [2.45, 2.75) is 16.4 Å². The Morgan fingerprint density at radius 2 is 1.95 bits per heavy atom. The molecule has 2 aromatic rings. The average Bonchev–Trinajstić information content (AvgIpc) is 3.08. The number of rotatable bonds is 4. The van der Waals surface area contributed by atoms with Crippen molar-refractivity contribution in [2.24, 2.45) is 0 Å². The number of carbonyl (C=O) groups excluding carboxylic acids is 1. The lowest BCUT2D eigenvalue weighted by Crippen LogP contribution is -2.51. The van der Waals surface area contributed by atoms with E-state index in [-0.39, 0.29) is 11.2 Å². The normalized spacial score (nSPS) is 16.6. The van der Waals surface area contributed by atoms with Crippen LogP contribution in [0.1, 0.15) is 6.92 Å². The standard InChI is InChI=1S/C15H18N4OS2/c1-12(22-13-4-2-11-21-13)14(20)18-7-9-19(10-8-18)15-16-5-3-6-17-15/h2-6,11-12H,7-10H2,1H3/t12-/m1/s1. The molecule has 0 N–H and O–H groups in total. The molecule has 3 rings (SSSR count). The number of hydrogen-bond acceptors (Lipinski definition) is 6. The summed E-state index contributed by atoms with van der Waals surface area (Å²) < 4.78 is 1.19. The molecule has 7 heteroatoms. The molecule has 1 fully saturated rings. The average molecular weight is 334 g/mol. The monoisotopic (exact) mass is 334 g/mol. The minimum atomic E-state index is -0.0434. The number of hydrogen-bond donors (Lipinski definition) is 0. The number of piperazine rings is 1. The van der Waals surface area contributed by atoms with Crippen LogP contribution in [0, 0.1) is 0 Å². The second-order valence-corrected chi connectivity index (χ2v) is 7.64. The molecule has 1 atom stereocenters. The maximum atomic E-state index is 12.5. The fourth-order valence-electron chi connectivity index (χ4n) is 2.39. The van der Waals surface area contributed by atoms with Crippen molar-refractivity contribution >= 4 is 35.0 Å². The highest BCUT2D eigenvalue weighted by atomic mass is 32.2. The highest BCUT2D eigenvalue weighted by molar-refractivity contribution is 8.02.